The Morgan fingerprint density at radius 1 is 1.44 bits per heavy atom. The van der Waals surface area contributed by atoms with Crippen LogP contribution in [0.2, 0.25) is 0 Å². The van der Waals surface area contributed by atoms with Crippen molar-refractivity contribution in [1.82, 2.24) is 5.32 Å². The van der Waals surface area contributed by atoms with Gasteiger partial charge in [-0.25, -0.2) is 4.99 Å². The number of carbonyl (C=O) groups excluding carboxylic acids is 1. The molecule has 130 valence electrons. The first-order valence-electron chi connectivity index (χ1n) is 7.78. The van der Waals surface area contributed by atoms with Gasteiger partial charge in [0.15, 0.2) is 5.78 Å². The SMILES string of the molecule is CCC1=C(C(=O)CCC#N)C(c2ccc([N+](=O)[O-])cc2)N=C(OC)N1. The maximum absolute atomic E-state index is 12.6. The quantitative estimate of drug-likeness (QED) is 0.627. The Morgan fingerprint density at radius 2 is 2.12 bits per heavy atom. The van der Waals surface area contributed by atoms with E-state index in [1.165, 1.54) is 19.2 Å². The maximum Gasteiger partial charge on any atom is 0.289 e. The van der Waals surface area contributed by atoms with Gasteiger partial charge in [0, 0.05) is 36.2 Å². The Bertz CT molecular complexity index is 775. The number of ether oxygens (including phenoxy) is 1. The number of ketones is 1. The second kappa shape index (κ2) is 8.06. The van der Waals surface area contributed by atoms with Crippen LogP contribution < -0.4 is 5.32 Å². The Balaban J connectivity index is 2.47. The van der Waals surface area contributed by atoms with E-state index in [1.807, 2.05) is 13.0 Å². The Morgan fingerprint density at radius 3 is 2.64 bits per heavy atom. The molecule has 1 unspecified atom stereocenters. The lowest BCUT2D eigenvalue weighted by Crippen LogP contribution is -2.33. The predicted octanol–water partition coefficient (Wildman–Crippen LogP) is 2.78. The molecule has 1 aliphatic rings. The number of nitriles is 1. The van der Waals surface area contributed by atoms with Crippen LogP contribution in [0.3, 0.4) is 0 Å². The number of methoxy groups -OCH3 is 1. The molecule has 8 nitrogen and oxygen atoms in total. The standard InChI is InChI=1S/C17H18N4O4/c1-3-13-15(14(22)5-4-10-18)16(20-17(19-13)25-2)11-6-8-12(9-7-11)21(23)24/h6-9,16H,3-5H2,1-2H3,(H,19,20). The molecule has 0 fully saturated rings. The number of nitro groups is 1. The topological polar surface area (TPSA) is 118 Å². The summed E-state index contributed by atoms with van der Waals surface area (Å²) in [5, 5.41) is 22.6. The van der Waals surface area contributed by atoms with E-state index in [0.717, 1.165) is 0 Å². The van der Waals surface area contributed by atoms with Gasteiger partial charge < -0.3 is 10.1 Å². The van der Waals surface area contributed by atoms with E-state index in [0.29, 0.717) is 23.3 Å². The number of nitrogens with zero attached hydrogens (tertiary/aromatic N) is 3. The van der Waals surface area contributed by atoms with E-state index in [1.54, 1.807) is 12.1 Å². The molecule has 1 atom stereocenters. The number of non-ortho nitro benzene ring substituents is 1. The summed E-state index contributed by atoms with van der Waals surface area (Å²) in [7, 11) is 1.47. The summed E-state index contributed by atoms with van der Waals surface area (Å²) in [6.07, 6.45) is 0.769. The van der Waals surface area contributed by atoms with Crippen LogP contribution in [0, 0.1) is 21.4 Å². The van der Waals surface area contributed by atoms with Crippen LogP contribution in [0.1, 0.15) is 37.8 Å². The smallest absolute Gasteiger partial charge is 0.289 e. The number of nitro benzene ring substituents is 1. The molecular formula is C17H18N4O4. The fourth-order valence-electron chi connectivity index (χ4n) is 2.60. The monoisotopic (exact) mass is 342 g/mol. The fourth-order valence-corrected chi connectivity index (χ4v) is 2.60. The molecule has 0 amide bonds. The van der Waals surface area contributed by atoms with Gasteiger partial charge >= 0.3 is 0 Å². The van der Waals surface area contributed by atoms with Gasteiger partial charge in [-0.3, -0.25) is 14.9 Å². The second-order valence-electron chi connectivity index (χ2n) is 5.34. The predicted molar refractivity (Wildman–Crippen MR) is 90.6 cm³/mol. The molecule has 1 aromatic carbocycles. The molecule has 0 bridgehead atoms. The zero-order valence-electron chi connectivity index (χ0n) is 14.0. The lowest BCUT2D eigenvalue weighted by Gasteiger charge is -2.26. The highest BCUT2D eigenvalue weighted by atomic mass is 16.6. The van der Waals surface area contributed by atoms with Gasteiger partial charge in [0.1, 0.15) is 6.04 Å². The number of nitrogens with one attached hydrogen (secondary N) is 1. The number of Topliss-reactive ketones (excluding diaryl/α,β-unsaturated/α-hetero) is 1. The summed E-state index contributed by atoms with van der Waals surface area (Å²) < 4.78 is 5.18. The summed E-state index contributed by atoms with van der Waals surface area (Å²) in [5.41, 5.74) is 1.75. The van der Waals surface area contributed by atoms with Gasteiger partial charge in [0.25, 0.3) is 11.7 Å². The van der Waals surface area contributed by atoms with Crippen molar-refractivity contribution in [3.8, 4) is 6.07 Å². The lowest BCUT2D eigenvalue weighted by atomic mass is 9.90. The normalized spacial score (nSPS) is 16.5. The molecule has 0 aromatic heterocycles. The Hall–Kier alpha value is -3.21. The average Bonchev–Trinajstić information content (AvgIpc) is 2.64. The summed E-state index contributed by atoms with van der Waals surface area (Å²) >= 11 is 0. The van der Waals surface area contributed by atoms with Gasteiger partial charge in [-0.05, 0) is 24.1 Å². The third-order valence-electron chi connectivity index (χ3n) is 3.83. The summed E-state index contributed by atoms with van der Waals surface area (Å²) in [5.74, 6) is -0.173. The van der Waals surface area contributed by atoms with Crippen molar-refractivity contribution < 1.29 is 14.5 Å². The minimum absolute atomic E-state index is 0.0364. The third-order valence-corrected chi connectivity index (χ3v) is 3.83. The van der Waals surface area contributed by atoms with Crippen molar-refractivity contribution in [2.75, 3.05) is 7.11 Å². The average molecular weight is 342 g/mol. The van der Waals surface area contributed by atoms with Crippen LogP contribution in [0.5, 0.6) is 0 Å². The summed E-state index contributed by atoms with van der Waals surface area (Å²) in [6.45, 7) is 1.89. The first-order valence-corrected chi connectivity index (χ1v) is 7.78. The minimum atomic E-state index is -0.627. The first kappa shape index (κ1) is 18.1. The molecule has 1 N–H and O–H groups in total. The van der Waals surface area contributed by atoms with Crippen LogP contribution in [0.4, 0.5) is 5.69 Å². The minimum Gasteiger partial charge on any atom is -0.468 e. The zero-order valence-corrected chi connectivity index (χ0v) is 14.0. The molecule has 0 radical (unpaired) electrons. The highest BCUT2D eigenvalue weighted by Gasteiger charge is 2.30. The molecule has 8 heteroatoms. The van der Waals surface area contributed by atoms with Crippen LogP contribution in [-0.2, 0) is 9.53 Å². The highest BCUT2D eigenvalue weighted by molar-refractivity contribution is 5.99. The largest absolute Gasteiger partial charge is 0.468 e. The summed E-state index contributed by atoms with van der Waals surface area (Å²) in [4.78, 5) is 27.4. The van der Waals surface area contributed by atoms with Gasteiger partial charge in [-0.1, -0.05) is 6.92 Å². The maximum atomic E-state index is 12.6. The number of amidine groups is 1. The molecule has 25 heavy (non-hydrogen) atoms. The van der Waals surface area contributed by atoms with Crippen molar-refractivity contribution in [1.29, 1.82) is 5.26 Å². The number of aliphatic imine (C=N–C) groups is 1. The molecule has 0 saturated carbocycles. The lowest BCUT2D eigenvalue weighted by molar-refractivity contribution is -0.384. The molecule has 1 heterocycles. The Kier molecular flexibility index (Phi) is 5.84. The van der Waals surface area contributed by atoms with E-state index >= 15 is 0 Å². The van der Waals surface area contributed by atoms with E-state index in [2.05, 4.69) is 10.3 Å². The molecule has 0 saturated heterocycles. The van der Waals surface area contributed by atoms with Gasteiger partial charge in [-0.2, -0.15) is 5.26 Å². The van der Waals surface area contributed by atoms with Crippen LogP contribution in [-0.4, -0.2) is 23.8 Å². The molecular weight excluding hydrogens is 324 g/mol. The fraction of sp³-hybridized carbons (Fsp3) is 0.353. The van der Waals surface area contributed by atoms with Crippen LogP contribution in [0.15, 0.2) is 40.5 Å². The van der Waals surface area contributed by atoms with Crippen LogP contribution in [0.25, 0.3) is 0 Å². The number of hydrogen-bond acceptors (Lipinski definition) is 7. The van der Waals surface area contributed by atoms with Gasteiger partial charge in [0.2, 0.25) is 0 Å². The van der Waals surface area contributed by atoms with Crippen molar-refractivity contribution in [2.24, 2.45) is 4.99 Å². The van der Waals surface area contributed by atoms with Crippen LogP contribution >= 0.6 is 0 Å². The van der Waals surface area contributed by atoms with Gasteiger partial charge in [0.05, 0.1) is 18.1 Å². The zero-order chi connectivity index (χ0) is 18.4. The first-order chi connectivity index (χ1) is 12.0. The number of carbonyl (C=O) groups is 1. The van der Waals surface area contributed by atoms with Crippen molar-refractivity contribution in [2.45, 2.75) is 32.2 Å². The third kappa shape index (κ3) is 4.01. The molecule has 0 spiro atoms. The Labute approximate surface area is 145 Å². The number of allylic oxidation sites excluding steroid dienone is 1. The second-order valence-corrected chi connectivity index (χ2v) is 5.34. The van der Waals surface area contributed by atoms with E-state index < -0.39 is 11.0 Å². The number of benzene rings is 1. The van der Waals surface area contributed by atoms with Crippen molar-refractivity contribution >= 4 is 17.5 Å². The highest BCUT2D eigenvalue weighted by Crippen LogP contribution is 2.33. The number of hydrogen-bond donors (Lipinski definition) is 1. The van der Waals surface area contributed by atoms with Gasteiger partial charge in [-0.15, -0.1) is 0 Å². The van der Waals surface area contributed by atoms with E-state index in [4.69, 9.17) is 10.00 Å². The van der Waals surface area contributed by atoms with E-state index in [-0.39, 0.29) is 30.3 Å². The molecule has 0 aliphatic carbocycles. The molecule has 1 aromatic rings. The molecule has 1 aliphatic heterocycles. The number of rotatable bonds is 6. The van der Waals surface area contributed by atoms with E-state index in [9.17, 15) is 14.9 Å². The van der Waals surface area contributed by atoms with Crippen molar-refractivity contribution in [3.63, 3.8) is 0 Å². The van der Waals surface area contributed by atoms with Crippen molar-refractivity contribution in [3.05, 3.63) is 51.2 Å². The summed E-state index contributed by atoms with van der Waals surface area (Å²) in [6, 6.07) is 7.53. The molecule has 2 rings (SSSR count).